The van der Waals surface area contributed by atoms with Crippen molar-refractivity contribution in [3.63, 3.8) is 0 Å². The number of rotatable bonds is 4. The molecule has 3 fully saturated rings. The number of ether oxygens (including phenoxy) is 1. The van der Waals surface area contributed by atoms with Crippen molar-refractivity contribution in [2.75, 3.05) is 26.2 Å². The number of hydrogen-bond donors (Lipinski definition) is 0. The third-order valence-electron chi connectivity index (χ3n) is 5.47. The first-order valence-electron chi connectivity index (χ1n) is 8.67. The third kappa shape index (κ3) is 3.02. The van der Waals surface area contributed by atoms with Crippen LogP contribution in [0.4, 0.5) is 0 Å². The van der Waals surface area contributed by atoms with E-state index < -0.39 is 0 Å². The molecule has 6 nitrogen and oxygen atoms in total. The van der Waals surface area contributed by atoms with Gasteiger partial charge in [-0.15, -0.1) is 0 Å². The van der Waals surface area contributed by atoms with Gasteiger partial charge in [0.2, 0.25) is 5.91 Å². The normalized spacial score (nSPS) is 28.2. The molecule has 1 aliphatic carbocycles. The second-order valence-electron chi connectivity index (χ2n) is 7.20. The lowest BCUT2D eigenvalue weighted by atomic mass is 10.1. The first kappa shape index (κ1) is 15.1. The largest absolute Gasteiger partial charge is 0.373 e. The van der Waals surface area contributed by atoms with Crippen molar-refractivity contribution in [3.05, 3.63) is 17.0 Å². The Morgan fingerprint density at radius 1 is 1.30 bits per heavy atom. The minimum absolute atomic E-state index is 0.146. The second-order valence-corrected chi connectivity index (χ2v) is 7.20. The molecule has 1 amide bonds. The average molecular weight is 319 g/mol. The van der Waals surface area contributed by atoms with Gasteiger partial charge < -0.3 is 14.2 Å². The maximum atomic E-state index is 12.4. The Balaban J connectivity index is 1.44. The van der Waals surface area contributed by atoms with Crippen LogP contribution < -0.4 is 0 Å². The van der Waals surface area contributed by atoms with Gasteiger partial charge in [0.15, 0.2) is 0 Å². The Kier molecular flexibility index (Phi) is 3.89. The van der Waals surface area contributed by atoms with Gasteiger partial charge in [-0.3, -0.25) is 9.69 Å². The summed E-state index contributed by atoms with van der Waals surface area (Å²) in [6.07, 6.45) is 3.32. The van der Waals surface area contributed by atoms with Crippen LogP contribution >= 0.6 is 0 Å². The van der Waals surface area contributed by atoms with Crippen LogP contribution in [0.25, 0.3) is 0 Å². The predicted molar refractivity (Wildman–Crippen MR) is 83.8 cm³/mol. The number of aryl methyl sites for hydroxylation is 2. The molecule has 3 aliphatic rings. The molecule has 0 N–H and O–H groups in total. The first-order valence-corrected chi connectivity index (χ1v) is 8.67. The van der Waals surface area contributed by atoms with Gasteiger partial charge in [0.05, 0.1) is 24.4 Å². The molecule has 23 heavy (non-hydrogen) atoms. The Morgan fingerprint density at radius 3 is 2.83 bits per heavy atom. The molecule has 4 rings (SSSR count). The molecule has 0 spiro atoms. The van der Waals surface area contributed by atoms with E-state index in [2.05, 4.69) is 10.1 Å². The van der Waals surface area contributed by atoms with Crippen molar-refractivity contribution in [1.82, 2.24) is 15.0 Å². The lowest BCUT2D eigenvalue weighted by Crippen LogP contribution is -2.50. The molecule has 0 radical (unpaired) electrons. The summed E-state index contributed by atoms with van der Waals surface area (Å²) in [6, 6.07) is 0.292. The fourth-order valence-corrected chi connectivity index (χ4v) is 3.79. The van der Waals surface area contributed by atoms with Gasteiger partial charge >= 0.3 is 0 Å². The molecule has 1 saturated carbocycles. The number of fused-ring (bicyclic) bond motifs is 1. The van der Waals surface area contributed by atoms with E-state index in [1.165, 1.54) is 18.4 Å². The summed E-state index contributed by atoms with van der Waals surface area (Å²) in [5, 5.41) is 4.05. The number of aromatic nitrogens is 1. The lowest BCUT2D eigenvalue weighted by Gasteiger charge is -2.36. The van der Waals surface area contributed by atoms with Crippen molar-refractivity contribution >= 4 is 5.91 Å². The van der Waals surface area contributed by atoms with E-state index in [1.54, 1.807) is 0 Å². The molecule has 126 valence electrons. The van der Waals surface area contributed by atoms with Crippen molar-refractivity contribution in [2.24, 2.45) is 5.92 Å². The van der Waals surface area contributed by atoms with Gasteiger partial charge in [-0.25, -0.2) is 0 Å². The monoisotopic (exact) mass is 319 g/mol. The van der Waals surface area contributed by atoms with Crippen LogP contribution in [0.15, 0.2) is 4.52 Å². The maximum Gasteiger partial charge on any atom is 0.222 e. The molecule has 2 aliphatic heterocycles. The van der Waals surface area contributed by atoms with Crippen LogP contribution in [0.5, 0.6) is 0 Å². The van der Waals surface area contributed by atoms with E-state index in [1.807, 2.05) is 18.7 Å². The zero-order valence-corrected chi connectivity index (χ0v) is 14.0. The van der Waals surface area contributed by atoms with Crippen molar-refractivity contribution < 1.29 is 14.1 Å². The van der Waals surface area contributed by atoms with E-state index in [0.717, 1.165) is 50.7 Å². The summed E-state index contributed by atoms with van der Waals surface area (Å²) in [4.78, 5) is 16.8. The molecule has 0 aromatic carbocycles. The second kappa shape index (κ2) is 5.91. The smallest absolute Gasteiger partial charge is 0.222 e. The van der Waals surface area contributed by atoms with Crippen LogP contribution in [0.2, 0.25) is 0 Å². The number of nitrogens with zero attached hydrogens (tertiary/aromatic N) is 3. The molecule has 2 atom stereocenters. The Hall–Kier alpha value is -1.40. The first-order chi connectivity index (χ1) is 11.1. The van der Waals surface area contributed by atoms with Gasteiger partial charge in [-0.2, -0.15) is 0 Å². The van der Waals surface area contributed by atoms with Crippen LogP contribution in [0.1, 0.15) is 36.3 Å². The number of carbonyl (C=O) groups is 1. The van der Waals surface area contributed by atoms with E-state index in [4.69, 9.17) is 9.26 Å². The van der Waals surface area contributed by atoms with Gasteiger partial charge in [-0.05, 0) is 32.6 Å². The Bertz CT molecular complexity index is 576. The number of hydrogen-bond acceptors (Lipinski definition) is 5. The Morgan fingerprint density at radius 2 is 2.13 bits per heavy atom. The zero-order valence-electron chi connectivity index (χ0n) is 14.0. The van der Waals surface area contributed by atoms with E-state index in [9.17, 15) is 4.79 Å². The zero-order chi connectivity index (χ0) is 16.0. The number of amides is 1. The summed E-state index contributed by atoms with van der Waals surface area (Å²) in [5.41, 5.74) is 2.14. The highest BCUT2D eigenvalue weighted by atomic mass is 16.5. The molecule has 1 aromatic rings. The number of carbonyl (C=O) groups excluding carboxylic acids is 1. The van der Waals surface area contributed by atoms with Crippen LogP contribution in [-0.4, -0.2) is 59.3 Å². The van der Waals surface area contributed by atoms with Gasteiger partial charge in [0.25, 0.3) is 0 Å². The lowest BCUT2D eigenvalue weighted by molar-refractivity contribution is -0.131. The molecule has 0 bridgehead atoms. The molecule has 6 heteroatoms. The van der Waals surface area contributed by atoms with Gasteiger partial charge in [0.1, 0.15) is 5.76 Å². The highest BCUT2D eigenvalue weighted by Crippen LogP contribution is 2.34. The summed E-state index contributed by atoms with van der Waals surface area (Å²) >= 11 is 0. The van der Waals surface area contributed by atoms with Gasteiger partial charge in [-0.1, -0.05) is 5.16 Å². The topological polar surface area (TPSA) is 58.8 Å². The minimum atomic E-state index is 0.146. The average Bonchev–Trinajstić information content (AvgIpc) is 3.14. The number of likely N-dealkylation sites (tertiary alicyclic amines) is 1. The van der Waals surface area contributed by atoms with Crippen LogP contribution in [-0.2, 0) is 16.1 Å². The molecular formula is C17H25N3O3. The summed E-state index contributed by atoms with van der Waals surface area (Å²) in [5.74, 6) is 1.84. The van der Waals surface area contributed by atoms with E-state index in [-0.39, 0.29) is 6.10 Å². The van der Waals surface area contributed by atoms with Crippen LogP contribution in [0.3, 0.4) is 0 Å². The highest BCUT2D eigenvalue weighted by Gasteiger charge is 2.42. The molecule has 0 unspecified atom stereocenters. The van der Waals surface area contributed by atoms with E-state index in [0.29, 0.717) is 17.9 Å². The quantitative estimate of drug-likeness (QED) is 0.842. The van der Waals surface area contributed by atoms with Crippen molar-refractivity contribution in [1.29, 1.82) is 0 Å². The fraction of sp³-hybridized carbons (Fsp3) is 0.765. The molecular weight excluding hydrogens is 294 g/mol. The fourth-order valence-electron chi connectivity index (χ4n) is 3.79. The summed E-state index contributed by atoms with van der Waals surface area (Å²) < 4.78 is 11.2. The maximum absolute atomic E-state index is 12.4. The minimum Gasteiger partial charge on any atom is -0.373 e. The molecule has 1 aromatic heterocycles. The summed E-state index contributed by atoms with van der Waals surface area (Å²) in [6.45, 7) is 7.95. The standard InChI is InChI=1S/C17H25N3O3/c1-11-14(12(2)23-18-11)8-19-5-6-22-16-10-20(9-15(16)19)17(21)7-13-3-4-13/h13,15-16H,3-10H2,1-2H3/t15-,16+/m0/s1. The third-order valence-corrected chi connectivity index (χ3v) is 5.47. The molecule has 3 heterocycles. The Labute approximate surface area is 136 Å². The predicted octanol–water partition coefficient (Wildman–Crippen LogP) is 1.50. The van der Waals surface area contributed by atoms with E-state index >= 15 is 0 Å². The van der Waals surface area contributed by atoms with Crippen LogP contribution in [0, 0.1) is 19.8 Å². The summed E-state index contributed by atoms with van der Waals surface area (Å²) in [7, 11) is 0. The van der Waals surface area contributed by atoms with Gasteiger partial charge in [0, 0.05) is 38.2 Å². The number of morpholine rings is 1. The SMILES string of the molecule is Cc1noc(C)c1CN1CCO[C@@H]2CN(C(=O)CC3CC3)C[C@@H]21. The highest BCUT2D eigenvalue weighted by molar-refractivity contribution is 5.77. The van der Waals surface area contributed by atoms with Crippen molar-refractivity contribution in [2.45, 2.75) is 51.8 Å². The van der Waals surface area contributed by atoms with Crippen molar-refractivity contribution in [3.8, 4) is 0 Å². The molecule has 2 saturated heterocycles.